The number of H-pyrrole nitrogens is 1. The van der Waals surface area contributed by atoms with Crippen LogP contribution >= 0.6 is 0 Å². The number of nitrogens with zero attached hydrogens (tertiary/aromatic N) is 3. The number of benzene rings is 1. The summed E-state index contributed by atoms with van der Waals surface area (Å²) < 4.78 is 5.87. The topological polar surface area (TPSA) is 92.8 Å². The minimum Gasteiger partial charge on any atom is -0.481 e. The van der Waals surface area contributed by atoms with Crippen LogP contribution in [-0.2, 0) is 4.79 Å². The molecule has 140 valence electrons. The van der Waals surface area contributed by atoms with Crippen LogP contribution in [0, 0.1) is 6.92 Å². The van der Waals surface area contributed by atoms with Crippen LogP contribution < -0.4 is 10.1 Å². The highest BCUT2D eigenvalue weighted by molar-refractivity contribution is 5.92. The van der Waals surface area contributed by atoms with Crippen molar-refractivity contribution in [1.29, 1.82) is 0 Å². The zero-order valence-electron chi connectivity index (χ0n) is 15.9. The third kappa shape index (κ3) is 4.49. The fraction of sp³-hybridized carbons (Fsp3) is 0.300. The predicted octanol–water partition coefficient (Wildman–Crippen LogP) is 3.70. The second-order valence-corrected chi connectivity index (χ2v) is 6.65. The largest absolute Gasteiger partial charge is 0.481 e. The van der Waals surface area contributed by atoms with Crippen molar-refractivity contribution in [1.82, 2.24) is 20.2 Å². The summed E-state index contributed by atoms with van der Waals surface area (Å²) in [6, 6.07) is 11.5. The molecule has 0 bridgehead atoms. The van der Waals surface area contributed by atoms with E-state index in [1.807, 2.05) is 37.3 Å². The minimum atomic E-state index is -0.692. The Morgan fingerprint density at radius 2 is 2.00 bits per heavy atom. The number of rotatable bonds is 6. The lowest BCUT2D eigenvalue weighted by Gasteiger charge is -2.17. The van der Waals surface area contributed by atoms with Crippen molar-refractivity contribution in [2.75, 3.05) is 5.32 Å². The maximum atomic E-state index is 12.4. The summed E-state index contributed by atoms with van der Waals surface area (Å²) in [6.07, 6.45) is 0.975. The van der Waals surface area contributed by atoms with E-state index in [4.69, 9.17) is 4.74 Å². The van der Waals surface area contributed by atoms with E-state index in [2.05, 4.69) is 45.4 Å². The van der Waals surface area contributed by atoms with Crippen molar-refractivity contribution < 1.29 is 9.53 Å². The first-order valence-electron chi connectivity index (χ1n) is 8.86. The number of hydrogen-bond acceptors (Lipinski definition) is 5. The average Bonchev–Trinajstić information content (AvgIpc) is 3.12. The lowest BCUT2D eigenvalue weighted by Crippen LogP contribution is -2.30. The molecule has 0 saturated carbocycles. The van der Waals surface area contributed by atoms with E-state index in [0.29, 0.717) is 23.2 Å². The van der Waals surface area contributed by atoms with Gasteiger partial charge in [-0.25, -0.2) is 0 Å². The Labute approximate surface area is 158 Å². The lowest BCUT2D eigenvalue weighted by atomic mass is 10.0. The highest BCUT2D eigenvalue weighted by Crippen LogP contribution is 2.25. The molecule has 0 fully saturated rings. The van der Waals surface area contributed by atoms with Crippen LogP contribution in [0.4, 0.5) is 5.95 Å². The van der Waals surface area contributed by atoms with E-state index in [0.717, 1.165) is 11.1 Å². The Kier molecular flexibility index (Phi) is 5.49. The van der Waals surface area contributed by atoms with Gasteiger partial charge >= 0.3 is 0 Å². The van der Waals surface area contributed by atoms with Crippen molar-refractivity contribution in [3.63, 3.8) is 0 Å². The SMILES string of the molecule is Cc1ccc(C(C)C)cc1OC(C)C(=O)Nc1n[nH]c(-c2ccccn2)n1. The molecule has 7 heteroatoms. The van der Waals surface area contributed by atoms with Gasteiger partial charge in [0, 0.05) is 6.20 Å². The molecule has 1 unspecified atom stereocenters. The van der Waals surface area contributed by atoms with Crippen molar-refractivity contribution in [2.45, 2.75) is 39.7 Å². The number of carbonyl (C=O) groups excluding carboxylic acids is 1. The van der Waals surface area contributed by atoms with Crippen molar-refractivity contribution in [2.24, 2.45) is 0 Å². The van der Waals surface area contributed by atoms with Gasteiger partial charge in [0.25, 0.3) is 5.91 Å². The molecule has 3 aromatic rings. The van der Waals surface area contributed by atoms with Gasteiger partial charge in [-0.2, -0.15) is 4.98 Å². The quantitative estimate of drug-likeness (QED) is 0.695. The number of hydrogen-bond donors (Lipinski definition) is 2. The molecular formula is C20H23N5O2. The van der Waals surface area contributed by atoms with Crippen molar-refractivity contribution >= 4 is 11.9 Å². The smallest absolute Gasteiger partial charge is 0.267 e. The summed E-state index contributed by atoms with van der Waals surface area (Å²) in [7, 11) is 0. The van der Waals surface area contributed by atoms with E-state index in [1.54, 1.807) is 13.1 Å². The zero-order valence-corrected chi connectivity index (χ0v) is 15.9. The number of carbonyl (C=O) groups is 1. The van der Waals surface area contributed by atoms with Crippen molar-refractivity contribution in [3.8, 4) is 17.3 Å². The van der Waals surface area contributed by atoms with Crippen molar-refractivity contribution in [3.05, 3.63) is 53.7 Å². The molecule has 0 aliphatic carbocycles. The number of aromatic nitrogens is 4. The number of nitrogens with one attached hydrogen (secondary N) is 2. The van der Waals surface area contributed by atoms with Gasteiger partial charge < -0.3 is 4.74 Å². The van der Waals surface area contributed by atoms with Crippen LogP contribution in [0.3, 0.4) is 0 Å². The molecule has 7 nitrogen and oxygen atoms in total. The third-order valence-electron chi connectivity index (χ3n) is 4.18. The molecule has 1 atom stereocenters. The number of pyridine rings is 1. The van der Waals surface area contributed by atoms with E-state index >= 15 is 0 Å². The first kappa shape index (κ1) is 18.6. The molecular weight excluding hydrogens is 342 g/mol. The number of amides is 1. The van der Waals surface area contributed by atoms with Crippen LogP contribution in [-0.4, -0.2) is 32.2 Å². The Morgan fingerprint density at radius 1 is 1.19 bits per heavy atom. The molecule has 0 aliphatic rings. The van der Waals surface area contributed by atoms with Crippen LogP contribution in [0.2, 0.25) is 0 Å². The van der Waals surface area contributed by atoms with Crippen LogP contribution in [0.1, 0.15) is 37.8 Å². The second kappa shape index (κ2) is 7.99. The molecule has 3 rings (SSSR count). The average molecular weight is 365 g/mol. The maximum Gasteiger partial charge on any atom is 0.267 e. The molecule has 0 aliphatic heterocycles. The van der Waals surface area contributed by atoms with Gasteiger partial charge in [-0.05, 0) is 49.1 Å². The Balaban J connectivity index is 1.66. The van der Waals surface area contributed by atoms with Crippen LogP contribution in [0.25, 0.3) is 11.5 Å². The molecule has 0 spiro atoms. The number of anilines is 1. The standard InChI is InChI=1S/C20H23N5O2/c1-12(2)15-9-8-13(3)17(11-15)27-14(4)19(26)23-20-22-18(24-25-20)16-7-5-6-10-21-16/h5-12,14H,1-4H3,(H2,22,23,24,25,26). The monoisotopic (exact) mass is 365 g/mol. The molecule has 1 amide bonds. The second-order valence-electron chi connectivity index (χ2n) is 6.65. The summed E-state index contributed by atoms with van der Waals surface area (Å²) >= 11 is 0. The lowest BCUT2D eigenvalue weighted by molar-refractivity contribution is -0.122. The normalized spacial score (nSPS) is 12.0. The first-order valence-corrected chi connectivity index (χ1v) is 8.86. The van der Waals surface area contributed by atoms with Gasteiger partial charge in [0.2, 0.25) is 5.95 Å². The maximum absolute atomic E-state index is 12.4. The third-order valence-corrected chi connectivity index (χ3v) is 4.18. The van der Waals surface area contributed by atoms with E-state index < -0.39 is 6.10 Å². The molecule has 2 N–H and O–H groups in total. The highest BCUT2D eigenvalue weighted by atomic mass is 16.5. The van der Waals surface area contributed by atoms with Gasteiger partial charge in [0.1, 0.15) is 11.4 Å². The minimum absolute atomic E-state index is 0.184. The highest BCUT2D eigenvalue weighted by Gasteiger charge is 2.18. The summed E-state index contributed by atoms with van der Waals surface area (Å²) in [6.45, 7) is 7.89. The fourth-order valence-electron chi connectivity index (χ4n) is 2.49. The summed E-state index contributed by atoms with van der Waals surface area (Å²) in [5.74, 6) is 1.43. The number of aryl methyl sites for hydroxylation is 1. The summed E-state index contributed by atoms with van der Waals surface area (Å²) in [4.78, 5) is 20.9. The van der Waals surface area contributed by atoms with E-state index in [1.165, 1.54) is 0 Å². The van der Waals surface area contributed by atoms with Gasteiger partial charge in [0.05, 0.1) is 0 Å². The van der Waals surface area contributed by atoms with Gasteiger partial charge in [0.15, 0.2) is 11.9 Å². The molecule has 27 heavy (non-hydrogen) atoms. The van der Waals surface area contributed by atoms with Crippen LogP contribution in [0.5, 0.6) is 5.75 Å². The van der Waals surface area contributed by atoms with E-state index in [9.17, 15) is 4.79 Å². The molecule has 2 heterocycles. The first-order chi connectivity index (χ1) is 12.9. The summed E-state index contributed by atoms with van der Waals surface area (Å²) in [5.41, 5.74) is 2.79. The van der Waals surface area contributed by atoms with Gasteiger partial charge in [-0.1, -0.05) is 32.0 Å². The fourth-order valence-corrected chi connectivity index (χ4v) is 2.49. The van der Waals surface area contributed by atoms with E-state index in [-0.39, 0.29) is 11.9 Å². The Morgan fingerprint density at radius 3 is 2.70 bits per heavy atom. The molecule has 2 aromatic heterocycles. The van der Waals surface area contributed by atoms with Crippen LogP contribution in [0.15, 0.2) is 42.6 Å². The predicted molar refractivity (Wildman–Crippen MR) is 104 cm³/mol. The number of ether oxygens (including phenoxy) is 1. The van der Waals surface area contributed by atoms with Gasteiger partial charge in [-0.15, -0.1) is 5.10 Å². The molecule has 1 aromatic carbocycles. The summed E-state index contributed by atoms with van der Waals surface area (Å²) in [5, 5.41) is 9.44. The Hall–Kier alpha value is -3.22. The number of aromatic amines is 1. The molecule has 0 saturated heterocycles. The molecule has 0 radical (unpaired) electrons. The Bertz CT molecular complexity index is 921. The zero-order chi connectivity index (χ0) is 19.4. The van der Waals surface area contributed by atoms with Gasteiger partial charge in [-0.3, -0.25) is 20.2 Å².